The SMILES string of the molecule is COc1ccc(NC(=O)N2CSC[C@H]2C(=O)O)cc1Br. The van der Waals surface area contributed by atoms with Crippen molar-refractivity contribution in [2.75, 3.05) is 24.1 Å². The van der Waals surface area contributed by atoms with Crippen LogP contribution in [-0.2, 0) is 4.79 Å². The summed E-state index contributed by atoms with van der Waals surface area (Å²) in [4.78, 5) is 24.4. The molecule has 2 N–H and O–H groups in total. The Labute approximate surface area is 128 Å². The lowest BCUT2D eigenvalue weighted by molar-refractivity contribution is -0.140. The Morgan fingerprint density at radius 1 is 1.55 bits per heavy atom. The highest BCUT2D eigenvalue weighted by Crippen LogP contribution is 2.28. The fraction of sp³-hybridized carbons (Fsp3) is 0.333. The number of hydrogen-bond acceptors (Lipinski definition) is 4. The monoisotopic (exact) mass is 360 g/mol. The maximum atomic E-state index is 12.1. The van der Waals surface area contributed by atoms with Gasteiger partial charge in [0, 0.05) is 11.4 Å². The van der Waals surface area contributed by atoms with Crippen molar-refractivity contribution in [2.24, 2.45) is 0 Å². The van der Waals surface area contributed by atoms with Gasteiger partial charge < -0.3 is 20.1 Å². The van der Waals surface area contributed by atoms with Crippen LogP contribution in [-0.4, -0.2) is 46.8 Å². The average molecular weight is 361 g/mol. The Bertz CT molecular complexity index is 540. The number of ether oxygens (including phenoxy) is 1. The van der Waals surface area contributed by atoms with Gasteiger partial charge in [-0.15, -0.1) is 11.8 Å². The van der Waals surface area contributed by atoms with Crippen molar-refractivity contribution < 1.29 is 19.4 Å². The molecular weight excluding hydrogens is 348 g/mol. The van der Waals surface area contributed by atoms with E-state index in [4.69, 9.17) is 9.84 Å². The van der Waals surface area contributed by atoms with Crippen molar-refractivity contribution in [3.63, 3.8) is 0 Å². The molecule has 2 amide bonds. The molecule has 0 bridgehead atoms. The number of methoxy groups -OCH3 is 1. The molecule has 1 aromatic rings. The molecule has 1 fully saturated rings. The van der Waals surface area contributed by atoms with Crippen molar-refractivity contribution >= 4 is 45.4 Å². The Hall–Kier alpha value is -1.41. The van der Waals surface area contributed by atoms with Gasteiger partial charge in [0.25, 0.3) is 0 Å². The normalized spacial score (nSPS) is 17.9. The highest BCUT2D eigenvalue weighted by atomic mass is 79.9. The molecule has 0 unspecified atom stereocenters. The molecule has 1 saturated heterocycles. The van der Waals surface area contributed by atoms with Crippen molar-refractivity contribution in [3.05, 3.63) is 22.7 Å². The van der Waals surface area contributed by atoms with Crippen LogP contribution in [0.1, 0.15) is 0 Å². The van der Waals surface area contributed by atoms with E-state index in [1.54, 1.807) is 25.3 Å². The summed E-state index contributed by atoms with van der Waals surface area (Å²) in [6, 6.07) is 3.92. The zero-order valence-electron chi connectivity index (χ0n) is 10.6. The minimum Gasteiger partial charge on any atom is -0.496 e. The zero-order chi connectivity index (χ0) is 14.7. The number of carbonyl (C=O) groups is 2. The minimum absolute atomic E-state index is 0.375. The van der Waals surface area contributed by atoms with Crippen LogP contribution in [0.25, 0.3) is 0 Å². The molecule has 0 spiro atoms. The van der Waals surface area contributed by atoms with E-state index in [0.29, 0.717) is 27.5 Å². The second-order valence-corrected chi connectivity index (χ2v) is 5.96. The first kappa shape index (κ1) is 15.0. The van der Waals surface area contributed by atoms with Gasteiger partial charge in [0.05, 0.1) is 17.5 Å². The molecule has 2 rings (SSSR count). The molecule has 0 saturated carbocycles. The van der Waals surface area contributed by atoms with Crippen LogP contribution in [0, 0.1) is 0 Å². The molecule has 1 heterocycles. The molecule has 1 aliphatic heterocycles. The van der Waals surface area contributed by atoms with E-state index in [0.717, 1.165) is 0 Å². The molecule has 0 aliphatic carbocycles. The topological polar surface area (TPSA) is 78.9 Å². The van der Waals surface area contributed by atoms with Gasteiger partial charge in [0.15, 0.2) is 0 Å². The first-order chi connectivity index (χ1) is 9.52. The third-order valence-corrected chi connectivity index (χ3v) is 4.46. The molecule has 8 heteroatoms. The predicted molar refractivity (Wildman–Crippen MR) is 80.3 cm³/mol. The number of urea groups is 1. The summed E-state index contributed by atoms with van der Waals surface area (Å²) >= 11 is 4.75. The van der Waals surface area contributed by atoms with Crippen molar-refractivity contribution in [1.29, 1.82) is 0 Å². The zero-order valence-corrected chi connectivity index (χ0v) is 13.0. The molecule has 1 atom stereocenters. The van der Waals surface area contributed by atoms with Crippen LogP contribution >= 0.6 is 27.7 Å². The number of anilines is 1. The Balaban J connectivity index is 2.08. The van der Waals surface area contributed by atoms with Crippen molar-refractivity contribution in [3.8, 4) is 5.75 Å². The number of carboxylic acid groups (broad SMARTS) is 1. The number of nitrogens with zero attached hydrogens (tertiary/aromatic N) is 1. The summed E-state index contributed by atoms with van der Waals surface area (Å²) in [5.41, 5.74) is 0.573. The minimum atomic E-state index is -0.985. The quantitative estimate of drug-likeness (QED) is 0.865. The Morgan fingerprint density at radius 3 is 2.90 bits per heavy atom. The summed E-state index contributed by atoms with van der Waals surface area (Å²) in [5, 5.41) is 11.7. The molecule has 1 aromatic carbocycles. The van der Waals surface area contributed by atoms with Gasteiger partial charge in [-0.3, -0.25) is 0 Å². The number of amides is 2. The molecule has 108 valence electrons. The number of nitrogens with one attached hydrogen (secondary N) is 1. The fourth-order valence-electron chi connectivity index (χ4n) is 1.79. The maximum absolute atomic E-state index is 12.1. The van der Waals surface area contributed by atoms with E-state index in [1.807, 2.05) is 0 Å². The lowest BCUT2D eigenvalue weighted by atomic mass is 10.3. The molecule has 6 nitrogen and oxygen atoms in total. The Kier molecular flexibility index (Phi) is 4.77. The van der Waals surface area contributed by atoms with E-state index in [9.17, 15) is 9.59 Å². The number of rotatable bonds is 3. The van der Waals surface area contributed by atoms with Crippen LogP contribution < -0.4 is 10.1 Å². The summed E-state index contributed by atoms with van der Waals surface area (Å²) < 4.78 is 5.81. The molecule has 1 aliphatic rings. The highest BCUT2D eigenvalue weighted by Gasteiger charge is 2.34. The predicted octanol–water partition coefficient (Wildman–Crippen LogP) is 2.45. The average Bonchev–Trinajstić information content (AvgIpc) is 2.88. The lowest BCUT2D eigenvalue weighted by Gasteiger charge is -2.21. The van der Waals surface area contributed by atoms with E-state index in [1.165, 1.54) is 16.7 Å². The van der Waals surface area contributed by atoms with E-state index >= 15 is 0 Å². The van der Waals surface area contributed by atoms with Crippen LogP contribution in [0.5, 0.6) is 5.75 Å². The second-order valence-electron chi connectivity index (χ2n) is 4.10. The van der Waals surface area contributed by atoms with Crippen LogP contribution in [0.4, 0.5) is 10.5 Å². The maximum Gasteiger partial charge on any atom is 0.327 e. The smallest absolute Gasteiger partial charge is 0.327 e. The summed E-state index contributed by atoms with van der Waals surface area (Å²) in [7, 11) is 1.55. The number of halogens is 1. The van der Waals surface area contributed by atoms with Crippen molar-refractivity contribution in [1.82, 2.24) is 4.90 Å². The fourth-order valence-corrected chi connectivity index (χ4v) is 3.47. The molecule has 0 radical (unpaired) electrons. The van der Waals surface area contributed by atoms with E-state index in [2.05, 4.69) is 21.2 Å². The van der Waals surface area contributed by atoms with Gasteiger partial charge in [-0.05, 0) is 34.1 Å². The van der Waals surface area contributed by atoms with Crippen LogP contribution in [0.15, 0.2) is 22.7 Å². The highest BCUT2D eigenvalue weighted by molar-refractivity contribution is 9.10. The first-order valence-electron chi connectivity index (χ1n) is 5.74. The number of benzene rings is 1. The first-order valence-corrected chi connectivity index (χ1v) is 7.69. The van der Waals surface area contributed by atoms with Gasteiger partial charge in [0.1, 0.15) is 11.8 Å². The number of hydrogen-bond donors (Lipinski definition) is 2. The Morgan fingerprint density at radius 2 is 2.30 bits per heavy atom. The summed E-state index contributed by atoms with van der Waals surface area (Å²) in [5.74, 6) is 0.457. The molecule has 20 heavy (non-hydrogen) atoms. The van der Waals surface area contributed by atoms with Gasteiger partial charge >= 0.3 is 12.0 Å². The van der Waals surface area contributed by atoms with Crippen molar-refractivity contribution in [2.45, 2.75) is 6.04 Å². The van der Waals surface area contributed by atoms with Gasteiger partial charge in [0.2, 0.25) is 0 Å². The van der Waals surface area contributed by atoms with Gasteiger partial charge in [-0.25, -0.2) is 9.59 Å². The third-order valence-electron chi connectivity index (χ3n) is 2.83. The van der Waals surface area contributed by atoms with E-state index in [-0.39, 0.29) is 0 Å². The number of carbonyl (C=O) groups excluding carboxylic acids is 1. The lowest BCUT2D eigenvalue weighted by Crippen LogP contribution is -2.43. The molecular formula is C12H13BrN2O4S. The number of carboxylic acids is 1. The largest absolute Gasteiger partial charge is 0.496 e. The number of thioether (sulfide) groups is 1. The van der Waals surface area contributed by atoms with E-state index < -0.39 is 18.0 Å². The standard InChI is InChI=1S/C12H13BrN2O4S/c1-19-10-3-2-7(4-8(10)13)14-12(18)15-6-20-5-9(15)11(16)17/h2-4,9H,5-6H2,1H3,(H,14,18)(H,16,17)/t9-/m0/s1. The van der Waals surface area contributed by atoms with Gasteiger partial charge in [-0.2, -0.15) is 0 Å². The molecule has 0 aromatic heterocycles. The van der Waals surface area contributed by atoms with Crippen LogP contribution in [0.3, 0.4) is 0 Å². The van der Waals surface area contributed by atoms with Gasteiger partial charge in [-0.1, -0.05) is 0 Å². The second kappa shape index (κ2) is 6.36. The third kappa shape index (κ3) is 3.18. The number of aliphatic carboxylic acids is 1. The summed E-state index contributed by atoms with van der Waals surface area (Å²) in [6.45, 7) is 0. The summed E-state index contributed by atoms with van der Waals surface area (Å²) in [6.07, 6.45) is 0. The van der Waals surface area contributed by atoms with Crippen LogP contribution in [0.2, 0.25) is 0 Å².